The molecule has 0 aromatic carbocycles. The van der Waals surface area contributed by atoms with Gasteiger partial charge in [-0.2, -0.15) is 0 Å². The van der Waals surface area contributed by atoms with E-state index in [1.165, 1.54) is 32.1 Å². The molecule has 0 spiro atoms. The van der Waals surface area contributed by atoms with Crippen molar-refractivity contribution in [2.45, 2.75) is 71.3 Å². The Labute approximate surface area is 117 Å². The van der Waals surface area contributed by atoms with E-state index < -0.39 is 0 Å². The zero-order valence-electron chi connectivity index (χ0n) is 12.7. The average molecular weight is 266 g/mol. The molecule has 1 aliphatic heterocycles. The molecule has 1 heterocycles. The van der Waals surface area contributed by atoms with E-state index in [-0.39, 0.29) is 11.5 Å². The summed E-state index contributed by atoms with van der Waals surface area (Å²) in [6, 6.07) is 0.125. The first kappa shape index (κ1) is 14.8. The predicted octanol–water partition coefficient (Wildman–Crippen LogP) is 2.93. The van der Waals surface area contributed by atoms with Crippen LogP contribution >= 0.6 is 0 Å². The van der Waals surface area contributed by atoms with Crippen LogP contribution in [-0.4, -0.2) is 29.9 Å². The lowest BCUT2D eigenvalue weighted by Crippen LogP contribution is -2.54. The van der Waals surface area contributed by atoms with Gasteiger partial charge in [0, 0.05) is 25.6 Å². The molecule has 1 aliphatic carbocycles. The van der Waals surface area contributed by atoms with Crippen molar-refractivity contribution in [2.24, 2.45) is 17.1 Å². The van der Waals surface area contributed by atoms with Crippen LogP contribution in [-0.2, 0) is 4.79 Å². The van der Waals surface area contributed by atoms with Gasteiger partial charge < -0.3 is 10.6 Å². The molecular weight excluding hydrogens is 236 g/mol. The van der Waals surface area contributed by atoms with E-state index in [9.17, 15) is 4.79 Å². The summed E-state index contributed by atoms with van der Waals surface area (Å²) in [5, 5.41) is 0. The first-order valence-electron chi connectivity index (χ1n) is 8.02. The van der Waals surface area contributed by atoms with Crippen LogP contribution < -0.4 is 5.73 Å². The summed E-state index contributed by atoms with van der Waals surface area (Å²) in [6.45, 7) is 6.06. The van der Waals surface area contributed by atoms with Crippen molar-refractivity contribution in [1.82, 2.24) is 4.90 Å². The minimum atomic E-state index is 0.125. The molecule has 0 aromatic heterocycles. The van der Waals surface area contributed by atoms with Gasteiger partial charge in [-0.15, -0.1) is 0 Å². The maximum Gasteiger partial charge on any atom is 0.222 e. The summed E-state index contributed by atoms with van der Waals surface area (Å²) < 4.78 is 0. The smallest absolute Gasteiger partial charge is 0.222 e. The quantitative estimate of drug-likeness (QED) is 0.853. The number of carbonyl (C=O) groups excluding carboxylic acids is 1. The lowest BCUT2D eigenvalue weighted by atomic mass is 9.78. The van der Waals surface area contributed by atoms with Crippen molar-refractivity contribution in [3.63, 3.8) is 0 Å². The van der Waals surface area contributed by atoms with Gasteiger partial charge in [0.25, 0.3) is 0 Å². The van der Waals surface area contributed by atoms with Crippen LogP contribution in [0.25, 0.3) is 0 Å². The van der Waals surface area contributed by atoms with Crippen LogP contribution in [0.4, 0.5) is 0 Å². The highest BCUT2D eigenvalue weighted by molar-refractivity contribution is 5.76. The number of hydrogen-bond donors (Lipinski definition) is 1. The molecule has 2 N–H and O–H groups in total. The summed E-state index contributed by atoms with van der Waals surface area (Å²) in [6.07, 6.45) is 9.64. The largest absolute Gasteiger partial charge is 0.341 e. The van der Waals surface area contributed by atoms with Crippen molar-refractivity contribution in [1.29, 1.82) is 0 Å². The fourth-order valence-electron chi connectivity index (χ4n) is 3.37. The Hall–Kier alpha value is -0.570. The number of piperidine rings is 1. The second-order valence-electron chi connectivity index (χ2n) is 7.23. The Morgan fingerprint density at radius 1 is 1.26 bits per heavy atom. The van der Waals surface area contributed by atoms with Crippen molar-refractivity contribution < 1.29 is 4.79 Å². The number of hydrogen-bond acceptors (Lipinski definition) is 2. The van der Waals surface area contributed by atoms with E-state index in [4.69, 9.17) is 5.73 Å². The molecule has 0 bridgehead atoms. The Balaban J connectivity index is 1.74. The lowest BCUT2D eigenvalue weighted by Gasteiger charge is -2.42. The third-order valence-electron chi connectivity index (χ3n) is 5.29. The number of likely N-dealkylation sites (tertiary alicyclic amines) is 1. The fraction of sp³-hybridized carbons (Fsp3) is 0.938. The first-order valence-corrected chi connectivity index (χ1v) is 8.02. The van der Waals surface area contributed by atoms with E-state index in [2.05, 4.69) is 13.8 Å². The van der Waals surface area contributed by atoms with Crippen LogP contribution in [0.5, 0.6) is 0 Å². The van der Waals surface area contributed by atoms with E-state index in [1.807, 2.05) is 4.90 Å². The van der Waals surface area contributed by atoms with Crippen molar-refractivity contribution in [3.8, 4) is 0 Å². The monoisotopic (exact) mass is 266 g/mol. The van der Waals surface area contributed by atoms with Gasteiger partial charge in [-0.25, -0.2) is 0 Å². The maximum atomic E-state index is 12.3. The molecular formula is C16H30N2O. The highest BCUT2D eigenvalue weighted by Crippen LogP contribution is 2.30. The highest BCUT2D eigenvalue weighted by Gasteiger charge is 2.34. The SMILES string of the molecule is CC1(C)CCN(C(=O)CCC2CCCCC2)CC1N. The first-order chi connectivity index (χ1) is 8.99. The summed E-state index contributed by atoms with van der Waals surface area (Å²) in [5.41, 5.74) is 6.37. The number of carbonyl (C=O) groups is 1. The van der Waals surface area contributed by atoms with Crippen LogP contribution in [0.1, 0.15) is 65.2 Å². The normalized spacial score (nSPS) is 28.4. The van der Waals surface area contributed by atoms with Crippen LogP contribution in [0.3, 0.4) is 0 Å². The standard InChI is InChI=1S/C16H30N2O/c1-16(2)10-11-18(12-14(16)17)15(19)9-8-13-6-4-3-5-7-13/h13-14H,3-12,17H2,1-2H3. The molecule has 3 heteroatoms. The number of nitrogens with two attached hydrogens (primary N) is 1. The molecule has 1 atom stereocenters. The second-order valence-corrected chi connectivity index (χ2v) is 7.23. The minimum absolute atomic E-state index is 0.125. The van der Waals surface area contributed by atoms with Gasteiger partial charge in [0.1, 0.15) is 0 Å². The molecule has 1 saturated heterocycles. The molecule has 1 amide bonds. The molecule has 2 fully saturated rings. The molecule has 0 aromatic rings. The Kier molecular flexibility index (Phi) is 4.88. The van der Waals surface area contributed by atoms with E-state index in [0.717, 1.165) is 38.3 Å². The lowest BCUT2D eigenvalue weighted by molar-refractivity contribution is -0.134. The average Bonchev–Trinajstić information content (AvgIpc) is 2.40. The summed E-state index contributed by atoms with van der Waals surface area (Å²) in [4.78, 5) is 14.3. The van der Waals surface area contributed by atoms with Crippen molar-refractivity contribution in [2.75, 3.05) is 13.1 Å². The molecule has 2 aliphatic rings. The van der Waals surface area contributed by atoms with E-state index in [1.54, 1.807) is 0 Å². The Morgan fingerprint density at radius 3 is 2.58 bits per heavy atom. The van der Waals surface area contributed by atoms with Gasteiger partial charge in [-0.3, -0.25) is 4.79 Å². The van der Waals surface area contributed by atoms with Crippen molar-refractivity contribution >= 4 is 5.91 Å². The van der Waals surface area contributed by atoms with Crippen molar-refractivity contribution in [3.05, 3.63) is 0 Å². The van der Waals surface area contributed by atoms with Gasteiger partial charge >= 0.3 is 0 Å². The maximum absolute atomic E-state index is 12.3. The second kappa shape index (κ2) is 6.25. The third-order valence-corrected chi connectivity index (χ3v) is 5.29. The van der Waals surface area contributed by atoms with Crippen LogP contribution in [0.15, 0.2) is 0 Å². The van der Waals surface area contributed by atoms with Gasteiger partial charge in [-0.05, 0) is 24.2 Å². The number of amides is 1. The van der Waals surface area contributed by atoms with E-state index in [0.29, 0.717) is 5.91 Å². The van der Waals surface area contributed by atoms with Crippen LogP contribution in [0.2, 0.25) is 0 Å². The molecule has 1 unspecified atom stereocenters. The van der Waals surface area contributed by atoms with Gasteiger partial charge in [0.05, 0.1) is 0 Å². The Morgan fingerprint density at radius 2 is 1.95 bits per heavy atom. The number of nitrogens with zero attached hydrogens (tertiary/aromatic N) is 1. The predicted molar refractivity (Wildman–Crippen MR) is 78.8 cm³/mol. The molecule has 0 radical (unpaired) electrons. The van der Waals surface area contributed by atoms with Gasteiger partial charge in [0.15, 0.2) is 0 Å². The van der Waals surface area contributed by atoms with Gasteiger partial charge in [-0.1, -0.05) is 46.0 Å². The molecule has 2 rings (SSSR count). The van der Waals surface area contributed by atoms with Crippen LogP contribution in [0, 0.1) is 11.3 Å². The fourth-order valence-corrected chi connectivity index (χ4v) is 3.37. The zero-order valence-corrected chi connectivity index (χ0v) is 12.7. The zero-order chi connectivity index (χ0) is 13.9. The highest BCUT2D eigenvalue weighted by atomic mass is 16.2. The Bertz CT molecular complexity index is 308. The summed E-state index contributed by atoms with van der Waals surface area (Å²) in [5.74, 6) is 1.13. The topological polar surface area (TPSA) is 46.3 Å². The van der Waals surface area contributed by atoms with E-state index >= 15 is 0 Å². The molecule has 110 valence electrons. The summed E-state index contributed by atoms with van der Waals surface area (Å²) >= 11 is 0. The number of rotatable bonds is 3. The summed E-state index contributed by atoms with van der Waals surface area (Å²) in [7, 11) is 0. The minimum Gasteiger partial charge on any atom is -0.341 e. The third kappa shape index (κ3) is 3.95. The molecule has 3 nitrogen and oxygen atoms in total. The molecule has 19 heavy (non-hydrogen) atoms. The van der Waals surface area contributed by atoms with Gasteiger partial charge in [0.2, 0.25) is 5.91 Å². The molecule has 1 saturated carbocycles.